The SMILES string of the molecule is CC1CCC(C)N(C(=O)C2CCCNC2)C1. The van der Waals surface area contributed by atoms with Crippen LogP contribution in [0.4, 0.5) is 0 Å². The monoisotopic (exact) mass is 224 g/mol. The number of piperidine rings is 2. The number of amides is 1. The molecule has 0 aromatic carbocycles. The summed E-state index contributed by atoms with van der Waals surface area (Å²) in [5, 5.41) is 3.33. The van der Waals surface area contributed by atoms with Gasteiger partial charge in [0.2, 0.25) is 5.91 Å². The molecule has 3 heteroatoms. The van der Waals surface area contributed by atoms with E-state index < -0.39 is 0 Å². The second kappa shape index (κ2) is 5.17. The van der Waals surface area contributed by atoms with Crippen LogP contribution >= 0.6 is 0 Å². The highest BCUT2D eigenvalue weighted by atomic mass is 16.2. The molecule has 2 rings (SSSR count). The predicted molar refractivity (Wildman–Crippen MR) is 65.2 cm³/mol. The van der Waals surface area contributed by atoms with Gasteiger partial charge in [0.15, 0.2) is 0 Å². The van der Waals surface area contributed by atoms with Crippen LogP contribution in [0.5, 0.6) is 0 Å². The summed E-state index contributed by atoms with van der Waals surface area (Å²) < 4.78 is 0. The number of rotatable bonds is 1. The second-order valence-electron chi connectivity index (χ2n) is 5.57. The van der Waals surface area contributed by atoms with E-state index in [1.54, 1.807) is 0 Å². The van der Waals surface area contributed by atoms with Gasteiger partial charge < -0.3 is 10.2 Å². The third-order valence-corrected chi connectivity index (χ3v) is 4.05. The molecular formula is C13H24N2O. The molecule has 0 aromatic heterocycles. The van der Waals surface area contributed by atoms with Crippen LogP contribution in [0.1, 0.15) is 39.5 Å². The van der Waals surface area contributed by atoms with Crippen molar-refractivity contribution in [1.29, 1.82) is 0 Å². The van der Waals surface area contributed by atoms with Gasteiger partial charge in [-0.25, -0.2) is 0 Å². The topological polar surface area (TPSA) is 32.3 Å². The Hall–Kier alpha value is -0.570. The molecule has 2 fully saturated rings. The van der Waals surface area contributed by atoms with E-state index in [-0.39, 0.29) is 5.92 Å². The fourth-order valence-corrected chi connectivity index (χ4v) is 2.89. The van der Waals surface area contributed by atoms with E-state index >= 15 is 0 Å². The van der Waals surface area contributed by atoms with Gasteiger partial charge in [0.25, 0.3) is 0 Å². The Balaban J connectivity index is 1.96. The Morgan fingerprint density at radius 3 is 2.75 bits per heavy atom. The maximum Gasteiger partial charge on any atom is 0.227 e. The minimum atomic E-state index is 0.237. The van der Waals surface area contributed by atoms with Crippen LogP contribution in [0.25, 0.3) is 0 Å². The normalized spacial score (nSPS) is 36.1. The summed E-state index contributed by atoms with van der Waals surface area (Å²) in [6, 6.07) is 0.450. The number of hydrogen-bond donors (Lipinski definition) is 1. The van der Waals surface area contributed by atoms with Gasteiger partial charge in [-0.1, -0.05) is 6.92 Å². The van der Waals surface area contributed by atoms with E-state index in [1.165, 1.54) is 12.8 Å². The van der Waals surface area contributed by atoms with Crippen molar-refractivity contribution in [1.82, 2.24) is 10.2 Å². The van der Waals surface area contributed by atoms with Crippen molar-refractivity contribution in [2.75, 3.05) is 19.6 Å². The molecule has 92 valence electrons. The van der Waals surface area contributed by atoms with E-state index in [0.29, 0.717) is 17.9 Å². The van der Waals surface area contributed by atoms with Gasteiger partial charge in [-0.15, -0.1) is 0 Å². The van der Waals surface area contributed by atoms with E-state index in [0.717, 1.165) is 32.5 Å². The average molecular weight is 224 g/mol. The Kier molecular flexibility index (Phi) is 3.85. The van der Waals surface area contributed by atoms with E-state index in [2.05, 4.69) is 24.1 Å². The molecule has 0 radical (unpaired) electrons. The molecule has 1 amide bonds. The fourth-order valence-electron chi connectivity index (χ4n) is 2.89. The maximum atomic E-state index is 12.4. The summed E-state index contributed by atoms with van der Waals surface area (Å²) in [6.07, 6.45) is 4.67. The summed E-state index contributed by atoms with van der Waals surface area (Å²) >= 11 is 0. The van der Waals surface area contributed by atoms with Crippen LogP contribution in [-0.4, -0.2) is 36.5 Å². The molecule has 16 heavy (non-hydrogen) atoms. The Morgan fingerprint density at radius 1 is 1.25 bits per heavy atom. The number of likely N-dealkylation sites (tertiary alicyclic amines) is 1. The van der Waals surface area contributed by atoms with Crippen molar-refractivity contribution >= 4 is 5.91 Å². The van der Waals surface area contributed by atoms with Gasteiger partial charge in [0, 0.05) is 19.1 Å². The molecule has 0 spiro atoms. The smallest absolute Gasteiger partial charge is 0.227 e. The molecule has 0 aliphatic carbocycles. The van der Waals surface area contributed by atoms with Gasteiger partial charge in [-0.3, -0.25) is 4.79 Å². The highest BCUT2D eigenvalue weighted by Crippen LogP contribution is 2.24. The molecule has 2 aliphatic heterocycles. The lowest BCUT2D eigenvalue weighted by atomic mass is 9.91. The maximum absolute atomic E-state index is 12.4. The van der Waals surface area contributed by atoms with Crippen molar-refractivity contribution in [2.24, 2.45) is 11.8 Å². The summed E-state index contributed by atoms with van der Waals surface area (Å²) in [7, 11) is 0. The lowest BCUT2D eigenvalue weighted by Gasteiger charge is -2.39. The van der Waals surface area contributed by atoms with Crippen LogP contribution in [0, 0.1) is 11.8 Å². The summed E-state index contributed by atoms with van der Waals surface area (Å²) in [5.41, 5.74) is 0. The number of hydrogen-bond acceptors (Lipinski definition) is 2. The van der Waals surface area contributed by atoms with Crippen LogP contribution in [0.3, 0.4) is 0 Å². The van der Waals surface area contributed by atoms with Crippen molar-refractivity contribution in [3.8, 4) is 0 Å². The first-order chi connectivity index (χ1) is 7.68. The van der Waals surface area contributed by atoms with Crippen LogP contribution in [0.15, 0.2) is 0 Å². The van der Waals surface area contributed by atoms with Crippen molar-refractivity contribution in [3.05, 3.63) is 0 Å². The third-order valence-electron chi connectivity index (χ3n) is 4.05. The highest BCUT2D eigenvalue weighted by molar-refractivity contribution is 5.79. The third kappa shape index (κ3) is 2.57. The molecule has 3 atom stereocenters. The first-order valence-corrected chi connectivity index (χ1v) is 6.69. The highest BCUT2D eigenvalue weighted by Gasteiger charge is 2.31. The fraction of sp³-hybridized carbons (Fsp3) is 0.923. The molecule has 3 nitrogen and oxygen atoms in total. The zero-order chi connectivity index (χ0) is 11.5. The summed E-state index contributed by atoms with van der Waals surface area (Å²) in [4.78, 5) is 14.5. The van der Waals surface area contributed by atoms with Gasteiger partial charge in [0.05, 0.1) is 5.92 Å². The molecule has 1 N–H and O–H groups in total. The molecule has 2 saturated heterocycles. The van der Waals surface area contributed by atoms with Crippen LogP contribution in [-0.2, 0) is 4.79 Å². The number of carbonyl (C=O) groups excluding carboxylic acids is 1. The van der Waals surface area contributed by atoms with Crippen LogP contribution in [0.2, 0.25) is 0 Å². The summed E-state index contributed by atoms with van der Waals surface area (Å²) in [5.74, 6) is 1.31. The summed E-state index contributed by atoms with van der Waals surface area (Å²) in [6.45, 7) is 7.38. The molecule has 0 bridgehead atoms. The van der Waals surface area contributed by atoms with E-state index in [9.17, 15) is 4.79 Å². The van der Waals surface area contributed by atoms with Gasteiger partial charge >= 0.3 is 0 Å². The standard InChI is InChI=1S/C13H24N2O/c1-10-5-6-11(2)15(9-10)13(16)12-4-3-7-14-8-12/h10-12,14H,3-9H2,1-2H3. The van der Waals surface area contributed by atoms with Crippen molar-refractivity contribution in [2.45, 2.75) is 45.6 Å². The molecular weight excluding hydrogens is 200 g/mol. The molecule has 3 unspecified atom stereocenters. The molecule has 2 aliphatic rings. The zero-order valence-corrected chi connectivity index (χ0v) is 10.5. The molecule has 0 aromatic rings. The lowest BCUT2D eigenvalue weighted by Crippen LogP contribution is -2.50. The van der Waals surface area contributed by atoms with Crippen molar-refractivity contribution < 1.29 is 4.79 Å². The zero-order valence-electron chi connectivity index (χ0n) is 10.5. The van der Waals surface area contributed by atoms with Gasteiger partial charge in [-0.2, -0.15) is 0 Å². The Labute approximate surface area is 98.6 Å². The minimum Gasteiger partial charge on any atom is -0.339 e. The first kappa shape index (κ1) is 11.9. The quantitative estimate of drug-likeness (QED) is 0.734. The van der Waals surface area contributed by atoms with Crippen LogP contribution < -0.4 is 5.32 Å². The van der Waals surface area contributed by atoms with Crippen molar-refractivity contribution in [3.63, 3.8) is 0 Å². The minimum absolute atomic E-state index is 0.237. The Bertz CT molecular complexity index is 248. The Morgan fingerprint density at radius 2 is 2.06 bits per heavy atom. The predicted octanol–water partition coefficient (Wildman–Crippen LogP) is 1.63. The number of nitrogens with one attached hydrogen (secondary N) is 1. The van der Waals surface area contributed by atoms with E-state index in [4.69, 9.17) is 0 Å². The van der Waals surface area contributed by atoms with E-state index in [1.807, 2.05) is 0 Å². The lowest BCUT2D eigenvalue weighted by molar-refractivity contribution is -0.140. The van der Waals surface area contributed by atoms with Gasteiger partial charge in [-0.05, 0) is 45.1 Å². The van der Waals surface area contributed by atoms with Gasteiger partial charge in [0.1, 0.15) is 0 Å². The number of carbonyl (C=O) groups is 1. The number of nitrogens with zero attached hydrogens (tertiary/aromatic N) is 1. The second-order valence-corrected chi connectivity index (χ2v) is 5.57. The average Bonchev–Trinajstić information content (AvgIpc) is 2.32. The molecule has 0 saturated carbocycles. The molecule has 2 heterocycles. The largest absolute Gasteiger partial charge is 0.339 e. The first-order valence-electron chi connectivity index (χ1n) is 6.69.